The van der Waals surface area contributed by atoms with Gasteiger partial charge in [-0.15, -0.1) is 0 Å². The van der Waals surface area contributed by atoms with E-state index in [-0.39, 0.29) is 6.04 Å². The molecule has 1 aromatic carbocycles. The molecule has 0 amide bonds. The third-order valence-electron chi connectivity index (χ3n) is 3.05. The van der Waals surface area contributed by atoms with E-state index in [9.17, 15) is 13.2 Å². The summed E-state index contributed by atoms with van der Waals surface area (Å²) in [5.74, 6) is 0.509. The lowest BCUT2D eigenvalue weighted by Crippen LogP contribution is -2.19. The van der Waals surface area contributed by atoms with Crippen molar-refractivity contribution in [2.45, 2.75) is 31.5 Å². The molecular formula is C13H16F3NO2. The van der Waals surface area contributed by atoms with Crippen LogP contribution < -0.4 is 10.5 Å². The zero-order valence-electron chi connectivity index (χ0n) is 10.4. The van der Waals surface area contributed by atoms with Crippen molar-refractivity contribution in [2.75, 3.05) is 13.4 Å². The summed E-state index contributed by atoms with van der Waals surface area (Å²) in [5.41, 5.74) is 8.17. The van der Waals surface area contributed by atoms with Gasteiger partial charge >= 0.3 is 6.18 Å². The molecule has 2 N–H and O–H groups in total. The molecular weight excluding hydrogens is 259 g/mol. The molecule has 0 saturated carbocycles. The van der Waals surface area contributed by atoms with Crippen LogP contribution in [0, 0.1) is 0 Å². The summed E-state index contributed by atoms with van der Waals surface area (Å²) >= 11 is 0. The van der Waals surface area contributed by atoms with Crippen LogP contribution in [0.3, 0.4) is 0 Å². The number of aryl methyl sites for hydroxylation is 1. The normalized spacial score (nSPS) is 19.1. The average molecular weight is 275 g/mol. The van der Waals surface area contributed by atoms with Crippen molar-refractivity contribution < 1.29 is 22.6 Å². The Hall–Kier alpha value is -1.27. The van der Waals surface area contributed by atoms with E-state index < -0.39 is 19.6 Å². The van der Waals surface area contributed by atoms with Crippen molar-refractivity contribution in [1.29, 1.82) is 0 Å². The number of benzene rings is 1. The first-order valence-corrected chi connectivity index (χ1v) is 6.11. The predicted molar refractivity (Wildman–Crippen MR) is 63.8 cm³/mol. The molecule has 0 fully saturated rings. The van der Waals surface area contributed by atoms with Crippen LogP contribution in [0.5, 0.6) is 5.75 Å². The van der Waals surface area contributed by atoms with Gasteiger partial charge in [-0.3, -0.25) is 0 Å². The fourth-order valence-corrected chi connectivity index (χ4v) is 2.19. The minimum atomic E-state index is -4.33. The number of ether oxygens (including phenoxy) is 2. The summed E-state index contributed by atoms with van der Waals surface area (Å²) < 4.78 is 45.1. The van der Waals surface area contributed by atoms with Crippen LogP contribution in [0.4, 0.5) is 13.2 Å². The van der Waals surface area contributed by atoms with Gasteiger partial charge < -0.3 is 15.2 Å². The van der Waals surface area contributed by atoms with Gasteiger partial charge in [-0.1, -0.05) is 6.07 Å². The third-order valence-corrected chi connectivity index (χ3v) is 3.05. The summed E-state index contributed by atoms with van der Waals surface area (Å²) in [6.07, 6.45) is -1.43. The van der Waals surface area contributed by atoms with Gasteiger partial charge in [-0.2, -0.15) is 13.2 Å². The van der Waals surface area contributed by atoms with Crippen molar-refractivity contribution in [2.24, 2.45) is 5.73 Å². The fraction of sp³-hybridized carbons (Fsp3) is 0.538. The molecule has 3 nitrogen and oxygen atoms in total. The van der Waals surface area contributed by atoms with Crippen LogP contribution in [0.25, 0.3) is 0 Å². The zero-order valence-corrected chi connectivity index (χ0v) is 10.4. The molecule has 0 aliphatic heterocycles. The highest BCUT2D eigenvalue weighted by Crippen LogP contribution is 2.30. The third kappa shape index (κ3) is 4.11. The van der Waals surface area contributed by atoms with Crippen molar-refractivity contribution in [3.63, 3.8) is 0 Å². The van der Waals surface area contributed by atoms with Gasteiger partial charge in [0.05, 0.1) is 0 Å². The van der Waals surface area contributed by atoms with Gasteiger partial charge in [0.2, 0.25) is 0 Å². The molecule has 106 valence electrons. The van der Waals surface area contributed by atoms with Crippen molar-refractivity contribution in [1.82, 2.24) is 0 Å². The molecule has 1 unspecified atom stereocenters. The van der Waals surface area contributed by atoms with Crippen molar-refractivity contribution in [3.8, 4) is 5.75 Å². The molecule has 0 aromatic heterocycles. The highest BCUT2D eigenvalue weighted by molar-refractivity contribution is 5.38. The number of fused-ring (bicyclic) bond motifs is 1. The maximum atomic E-state index is 11.9. The van der Waals surface area contributed by atoms with Crippen molar-refractivity contribution >= 4 is 0 Å². The Bertz CT molecular complexity index is 434. The van der Waals surface area contributed by atoms with Gasteiger partial charge in [-0.05, 0) is 42.5 Å². The summed E-state index contributed by atoms with van der Waals surface area (Å²) in [5, 5.41) is 0. The molecule has 19 heavy (non-hydrogen) atoms. The molecule has 0 saturated heterocycles. The van der Waals surface area contributed by atoms with E-state index in [1.54, 1.807) is 6.07 Å². The molecule has 1 aliphatic rings. The molecule has 0 radical (unpaired) electrons. The fourth-order valence-electron chi connectivity index (χ4n) is 2.19. The highest BCUT2D eigenvalue weighted by atomic mass is 19.4. The lowest BCUT2D eigenvalue weighted by Gasteiger charge is -2.22. The topological polar surface area (TPSA) is 44.5 Å². The maximum absolute atomic E-state index is 11.9. The molecule has 0 bridgehead atoms. The van der Waals surface area contributed by atoms with Crippen LogP contribution in [0.1, 0.15) is 30.0 Å². The lowest BCUT2D eigenvalue weighted by molar-refractivity contribution is -0.186. The Morgan fingerprint density at radius 1 is 1.32 bits per heavy atom. The van der Waals surface area contributed by atoms with Gasteiger partial charge in [-0.25, -0.2) is 0 Å². The van der Waals surface area contributed by atoms with Crippen LogP contribution in [0.15, 0.2) is 18.2 Å². The van der Waals surface area contributed by atoms with E-state index in [1.165, 1.54) is 0 Å². The SMILES string of the molecule is NC1CCCc2cc(OCOCC(F)(F)F)ccc21. The summed E-state index contributed by atoms with van der Waals surface area (Å²) in [4.78, 5) is 0. The van der Waals surface area contributed by atoms with Crippen LogP contribution in [-0.4, -0.2) is 19.6 Å². The van der Waals surface area contributed by atoms with E-state index in [0.717, 1.165) is 30.4 Å². The first-order chi connectivity index (χ1) is 8.96. The number of alkyl halides is 3. The van der Waals surface area contributed by atoms with E-state index in [2.05, 4.69) is 4.74 Å². The van der Waals surface area contributed by atoms with Gasteiger partial charge in [0.1, 0.15) is 12.4 Å². The lowest BCUT2D eigenvalue weighted by atomic mass is 9.88. The Labute approximate surface area is 109 Å². The summed E-state index contributed by atoms with van der Waals surface area (Å²) in [6, 6.07) is 5.45. The standard InChI is InChI=1S/C13H16F3NO2/c14-13(15,16)7-18-8-19-10-4-5-11-9(6-10)2-1-3-12(11)17/h4-6,12H,1-3,7-8,17H2. The second-order valence-electron chi connectivity index (χ2n) is 4.59. The van der Waals surface area contributed by atoms with Gasteiger partial charge in [0.15, 0.2) is 6.79 Å². The number of rotatable bonds is 4. The van der Waals surface area contributed by atoms with E-state index >= 15 is 0 Å². The maximum Gasteiger partial charge on any atom is 0.411 e. The number of hydrogen-bond donors (Lipinski definition) is 1. The zero-order chi connectivity index (χ0) is 13.9. The average Bonchev–Trinajstić information content (AvgIpc) is 2.34. The predicted octanol–water partition coefficient (Wildman–Crippen LogP) is 2.94. The second-order valence-corrected chi connectivity index (χ2v) is 4.59. The number of halogens is 3. The minimum Gasteiger partial charge on any atom is -0.468 e. The quantitative estimate of drug-likeness (QED) is 0.678. The van der Waals surface area contributed by atoms with Crippen molar-refractivity contribution in [3.05, 3.63) is 29.3 Å². The molecule has 2 rings (SSSR count). The van der Waals surface area contributed by atoms with E-state index in [0.29, 0.717) is 5.75 Å². The Morgan fingerprint density at radius 2 is 2.11 bits per heavy atom. The Morgan fingerprint density at radius 3 is 2.84 bits per heavy atom. The van der Waals surface area contributed by atoms with Crippen LogP contribution in [0.2, 0.25) is 0 Å². The molecule has 0 spiro atoms. The highest BCUT2D eigenvalue weighted by Gasteiger charge is 2.27. The largest absolute Gasteiger partial charge is 0.468 e. The molecule has 6 heteroatoms. The van der Waals surface area contributed by atoms with E-state index in [1.807, 2.05) is 12.1 Å². The first kappa shape index (κ1) is 14.1. The Kier molecular flexibility index (Phi) is 4.31. The van der Waals surface area contributed by atoms with Gasteiger partial charge in [0, 0.05) is 6.04 Å². The summed E-state index contributed by atoms with van der Waals surface area (Å²) in [6.45, 7) is -1.72. The monoisotopic (exact) mass is 275 g/mol. The molecule has 1 atom stereocenters. The molecule has 1 aromatic rings. The minimum absolute atomic E-state index is 0.0410. The van der Waals surface area contributed by atoms with Crippen LogP contribution in [-0.2, 0) is 11.2 Å². The summed E-state index contributed by atoms with van der Waals surface area (Å²) in [7, 11) is 0. The Balaban J connectivity index is 1.88. The smallest absolute Gasteiger partial charge is 0.411 e. The second kappa shape index (κ2) is 5.79. The number of hydrogen-bond acceptors (Lipinski definition) is 3. The molecule has 1 aliphatic carbocycles. The van der Waals surface area contributed by atoms with Crippen LogP contribution >= 0.6 is 0 Å². The van der Waals surface area contributed by atoms with Gasteiger partial charge in [0.25, 0.3) is 0 Å². The molecule has 0 heterocycles. The van der Waals surface area contributed by atoms with E-state index in [4.69, 9.17) is 10.5 Å². The first-order valence-electron chi connectivity index (χ1n) is 6.11. The number of nitrogens with two attached hydrogens (primary N) is 1.